The van der Waals surface area contributed by atoms with Crippen LogP contribution in [0.5, 0.6) is 5.75 Å². The van der Waals surface area contributed by atoms with Crippen LogP contribution in [-0.4, -0.2) is 40.6 Å². The predicted molar refractivity (Wildman–Crippen MR) is 91.6 cm³/mol. The Morgan fingerprint density at radius 3 is 2.33 bits per heavy atom. The number of likely N-dealkylation sites (tertiary alicyclic amines) is 1. The quantitative estimate of drug-likeness (QED) is 0.924. The Bertz CT molecular complexity index is 732. The van der Waals surface area contributed by atoms with Crippen LogP contribution in [0.2, 0.25) is 0 Å². The van der Waals surface area contributed by atoms with Crippen molar-refractivity contribution in [1.29, 1.82) is 0 Å². The number of piperidine rings is 1. The monoisotopic (exact) mass is 345 g/mol. The fourth-order valence-corrected chi connectivity index (χ4v) is 3.69. The largest absolute Gasteiger partial charge is 0.478 e. The number of aliphatic carboxylic acids is 1. The summed E-state index contributed by atoms with van der Waals surface area (Å²) in [4.78, 5) is 27.8. The summed E-state index contributed by atoms with van der Waals surface area (Å²) >= 11 is 1.46. The van der Waals surface area contributed by atoms with Crippen molar-refractivity contribution >= 4 is 23.2 Å². The van der Waals surface area contributed by atoms with E-state index in [1.165, 1.54) is 11.3 Å². The average molecular weight is 345 g/mol. The zero-order valence-electron chi connectivity index (χ0n) is 13.4. The van der Waals surface area contributed by atoms with E-state index in [9.17, 15) is 14.7 Å². The number of benzene rings is 1. The van der Waals surface area contributed by atoms with E-state index in [1.807, 2.05) is 37.3 Å². The van der Waals surface area contributed by atoms with Gasteiger partial charge in [0.2, 0.25) is 5.60 Å². The lowest BCUT2D eigenvalue weighted by Crippen LogP contribution is -2.54. The van der Waals surface area contributed by atoms with Crippen LogP contribution in [-0.2, 0) is 4.79 Å². The smallest absolute Gasteiger partial charge is 0.348 e. The lowest BCUT2D eigenvalue weighted by molar-refractivity contribution is -0.159. The second-order valence-electron chi connectivity index (χ2n) is 5.92. The summed E-state index contributed by atoms with van der Waals surface area (Å²) in [7, 11) is 0. The van der Waals surface area contributed by atoms with Crippen molar-refractivity contribution in [3.8, 4) is 5.75 Å². The number of carboxylic acids is 1. The fraction of sp³-hybridized carbons (Fsp3) is 0.333. The first-order chi connectivity index (χ1) is 11.5. The van der Waals surface area contributed by atoms with E-state index < -0.39 is 11.6 Å². The normalized spacial score (nSPS) is 16.6. The van der Waals surface area contributed by atoms with Gasteiger partial charge in [0.25, 0.3) is 5.91 Å². The second kappa shape index (κ2) is 6.65. The first-order valence-electron chi connectivity index (χ1n) is 7.83. The van der Waals surface area contributed by atoms with Crippen molar-refractivity contribution in [3.63, 3.8) is 0 Å². The van der Waals surface area contributed by atoms with Crippen LogP contribution >= 0.6 is 11.3 Å². The highest BCUT2D eigenvalue weighted by molar-refractivity contribution is 7.13. The molecule has 6 heteroatoms. The molecule has 126 valence electrons. The lowest BCUT2D eigenvalue weighted by Gasteiger charge is -2.38. The maximum atomic E-state index is 12.5. The molecule has 1 N–H and O–H groups in total. The molecular weight excluding hydrogens is 326 g/mol. The number of carboxylic acid groups (broad SMARTS) is 1. The molecule has 24 heavy (non-hydrogen) atoms. The molecule has 2 heterocycles. The van der Waals surface area contributed by atoms with Gasteiger partial charge in [-0.25, -0.2) is 4.79 Å². The molecule has 1 fully saturated rings. The molecule has 0 spiro atoms. The third kappa shape index (κ3) is 3.28. The van der Waals surface area contributed by atoms with Crippen LogP contribution < -0.4 is 4.74 Å². The van der Waals surface area contributed by atoms with E-state index in [4.69, 9.17) is 4.74 Å². The molecule has 0 atom stereocenters. The standard InChI is InChI=1S/C18H19NO4S/c1-13-7-8-15(24-13)16(20)19-11-9-18(10-12-19,17(21)22)23-14-5-3-2-4-6-14/h2-8H,9-12H2,1H3,(H,21,22). The summed E-state index contributed by atoms with van der Waals surface area (Å²) in [5, 5.41) is 9.67. The number of rotatable bonds is 4. The van der Waals surface area contributed by atoms with Crippen molar-refractivity contribution in [1.82, 2.24) is 4.90 Å². The van der Waals surface area contributed by atoms with Crippen molar-refractivity contribution < 1.29 is 19.4 Å². The van der Waals surface area contributed by atoms with Crippen molar-refractivity contribution in [2.45, 2.75) is 25.4 Å². The molecule has 1 saturated heterocycles. The summed E-state index contributed by atoms with van der Waals surface area (Å²) in [6.45, 7) is 2.70. The van der Waals surface area contributed by atoms with Gasteiger partial charge in [0.1, 0.15) is 5.75 Å². The minimum atomic E-state index is -1.27. The molecule has 0 unspecified atom stereocenters. The molecule has 1 amide bonds. The average Bonchev–Trinajstić information content (AvgIpc) is 3.02. The summed E-state index contributed by atoms with van der Waals surface area (Å²) in [5.74, 6) is -0.481. The van der Waals surface area contributed by atoms with E-state index in [1.54, 1.807) is 17.0 Å². The maximum absolute atomic E-state index is 12.5. The molecule has 1 aromatic heterocycles. The first kappa shape index (κ1) is 16.5. The summed E-state index contributed by atoms with van der Waals surface area (Å²) in [5.41, 5.74) is -1.27. The highest BCUT2D eigenvalue weighted by atomic mass is 32.1. The van der Waals surface area contributed by atoms with Gasteiger partial charge in [0.05, 0.1) is 4.88 Å². The van der Waals surface area contributed by atoms with Gasteiger partial charge < -0.3 is 14.7 Å². The molecule has 0 radical (unpaired) electrons. The van der Waals surface area contributed by atoms with Gasteiger partial charge in [0, 0.05) is 30.8 Å². The lowest BCUT2D eigenvalue weighted by atomic mass is 9.91. The van der Waals surface area contributed by atoms with Gasteiger partial charge >= 0.3 is 5.97 Å². The predicted octanol–water partition coefficient (Wildman–Crippen LogP) is 3.19. The SMILES string of the molecule is Cc1ccc(C(=O)N2CCC(Oc3ccccc3)(C(=O)O)CC2)s1. The number of thiophene rings is 1. The number of amides is 1. The number of carbonyl (C=O) groups is 2. The molecular formula is C18H19NO4S. The van der Waals surface area contributed by atoms with Crippen molar-refractivity contribution in [2.24, 2.45) is 0 Å². The van der Waals surface area contributed by atoms with Crippen LogP contribution in [0.15, 0.2) is 42.5 Å². The van der Waals surface area contributed by atoms with Crippen LogP contribution in [0.25, 0.3) is 0 Å². The molecule has 5 nitrogen and oxygen atoms in total. The minimum absolute atomic E-state index is 0.0354. The highest BCUT2D eigenvalue weighted by Gasteiger charge is 2.45. The third-order valence-electron chi connectivity index (χ3n) is 4.26. The summed E-state index contributed by atoms with van der Waals surface area (Å²) in [6, 6.07) is 12.7. The number of nitrogens with zero attached hydrogens (tertiary/aromatic N) is 1. The van der Waals surface area contributed by atoms with Gasteiger partial charge in [-0.2, -0.15) is 0 Å². The van der Waals surface area contributed by atoms with E-state index in [2.05, 4.69) is 0 Å². The number of aryl methyl sites for hydroxylation is 1. The number of hydrogen-bond donors (Lipinski definition) is 1. The van der Waals surface area contributed by atoms with Crippen LogP contribution in [0.1, 0.15) is 27.4 Å². The maximum Gasteiger partial charge on any atom is 0.348 e. The van der Waals surface area contributed by atoms with Crippen LogP contribution in [0.3, 0.4) is 0 Å². The van der Waals surface area contributed by atoms with E-state index >= 15 is 0 Å². The number of ether oxygens (including phenoxy) is 1. The molecule has 0 saturated carbocycles. The van der Waals surface area contributed by atoms with Crippen LogP contribution in [0.4, 0.5) is 0 Å². The summed E-state index contributed by atoms with van der Waals surface area (Å²) in [6.07, 6.45) is 0.542. The zero-order valence-corrected chi connectivity index (χ0v) is 14.2. The number of para-hydroxylation sites is 1. The second-order valence-corrected chi connectivity index (χ2v) is 7.20. The Morgan fingerprint density at radius 2 is 1.79 bits per heavy atom. The van der Waals surface area contributed by atoms with Crippen molar-refractivity contribution in [3.05, 3.63) is 52.2 Å². The molecule has 0 bridgehead atoms. The number of carbonyl (C=O) groups excluding carboxylic acids is 1. The molecule has 3 rings (SSSR count). The van der Waals surface area contributed by atoms with E-state index in [0.29, 0.717) is 23.7 Å². The first-order valence-corrected chi connectivity index (χ1v) is 8.65. The molecule has 1 aliphatic rings. The Labute approximate surface area is 144 Å². The Hall–Kier alpha value is -2.34. The Kier molecular flexibility index (Phi) is 4.57. The van der Waals surface area contributed by atoms with Gasteiger partial charge in [-0.15, -0.1) is 11.3 Å². The van der Waals surface area contributed by atoms with E-state index in [0.717, 1.165) is 4.88 Å². The summed E-state index contributed by atoms with van der Waals surface area (Å²) < 4.78 is 5.81. The molecule has 1 aliphatic heterocycles. The Balaban J connectivity index is 1.71. The fourth-order valence-electron chi connectivity index (χ4n) is 2.85. The van der Waals surface area contributed by atoms with Crippen LogP contribution in [0, 0.1) is 6.92 Å². The van der Waals surface area contributed by atoms with E-state index in [-0.39, 0.29) is 18.7 Å². The van der Waals surface area contributed by atoms with Gasteiger partial charge in [-0.05, 0) is 31.2 Å². The van der Waals surface area contributed by atoms with Gasteiger partial charge in [-0.3, -0.25) is 4.79 Å². The van der Waals surface area contributed by atoms with Gasteiger partial charge in [-0.1, -0.05) is 18.2 Å². The minimum Gasteiger partial charge on any atom is -0.478 e. The highest BCUT2D eigenvalue weighted by Crippen LogP contribution is 2.30. The Morgan fingerprint density at radius 1 is 1.12 bits per heavy atom. The topological polar surface area (TPSA) is 66.8 Å². The molecule has 1 aromatic carbocycles. The van der Waals surface area contributed by atoms with Gasteiger partial charge in [0.15, 0.2) is 0 Å². The molecule has 2 aromatic rings. The van der Waals surface area contributed by atoms with Crippen molar-refractivity contribution in [2.75, 3.05) is 13.1 Å². The number of hydrogen-bond acceptors (Lipinski definition) is 4. The zero-order chi connectivity index (χ0) is 17.2. The third-order valence-corrected chi connectivity index (χ3v) is 5.24. The molecule has 0 aliphatic carbocycles.